The number of carboxylic acid groups (broad SMARTS) is 2. The molecule has 0 saturated carbocycles. The Kier molecular flexibility index (Phi) is 11.4. The molecule has 0 spiro atoms. The van der Waals surface area contributed by atoms with Crippen LogP contribution in [0, 0.1) is 5.41 Å². The molecular weight excluding hydrogens is 552 g/mol. The highest BCUT2D eigenvalue weighted by Crippen LogP contribution is 2.35. The molecule has 0 saturated heterocycles. The fraction of sp³-hybridized carbons (Fsp3) is 0.281. The van der Waals surface area contributed by atoms with Crippen LogP contribution in [0.3, 0.4) is 0 Å². The van der Waals surface area contributed by atoms with E-state index in [0.29, 0.717) is 17.0 Å². The number of nitrogens with two attached hydrogens (primary N) is 1. The highest BCUT2D eigenvalue weighted by atomic mass is 16.5. The lowest BCUT2D eigenvalue weighted by atomic mass is 9.89. The van der Waals surface area contributed by atoms with Gasteiger partial charge in [0.15, 0.2) is 5.96 Å². The Morgan fingerprint density at radius 3 is 2.58 bits per heavy atom. The van der Waals surface area contributed by atoms with Crippen molar-refractivity contribution in [3.63, 3.8) is 0 Å². The summed E-state index contributed by atoms with van der Waals surface area (Å²) in [7, 11) is 0. The predicted molar refractivity (Wildman–Crippen MR) is 161 cm³/mol. The van der Waals surface area contributed by atoms with Crippen LogP contribution in [-0.2, 0) is 27.3 Å². The number of aliphatic carboxylic acids is 1. The first-order valence-corrected chi connectivity index (χ1v) is 13.8. The minimum Gasteiger partial charge on any atom is -0.480 e. The molecule has 11 heteroatoms. The van der Waals surface area contributed by atoms with Gasteiger partial charge in [0.1, 0.15) is 12.3 Å². The zero-order valence-corrected chi connectivity index (χ0v) is 24.0. The number of nitrogens with one attached hydrogen (secondary N) is 2. The quantitative estimate of drug-likeness (QED) is 0.0463. The Hall–Kier alpha value is -5.19. The molecule has 1 atom stereocenters. The number of esters is 1. The van der Waals surface area contributed by atoms with Crippen molar-refractivity contribution < 1.29 is 34.1 Å². The highest BCUT2D eigenvalue weighted by molar-refractivity contribution is 5.93. The molecule has 0 fully saturated rings. The Morgan fingerprint density at radius 1 is 1.14 bits per heavy atom. The number of allylic oxidation sites excluding steroid dienone is 3. The van der Waals surface area contributed by atoms with E-state index in [4.69, 9.17) is 15.9 Å². The number of benzene rings is 2. The largest absolute Gasteiger partial charge is 0.480 e. The van der Waals surface area contributed by atoms with Crippen LogP contribution >= 0.6 is 0 Å². The van der Waals surface area contributed by atoms with Gasteiger partial charge in [0.25, 0.3) is 0 Å². The van der Waals surface area contributed by atoms with E-state index >= 15 is 0 Å². The minimum absolute atomic E-state index is 0.0284. The second kappa shape index (κ2) is 15.2. The molecule has 0 radical (unpaired) electrons. The van der Waals surface area contributed by atoms with Crippen molar-refractivity contribution in [2.75, 3.05) is 6.54 Å². The molecule has 11 nitrogen and oxygen atoms in total. The molecule has 2 aromatic rings. The Bertz CT molecular complexity index is 1480. The van der Waals surface area contributed by atoms with Gasteiger partial charge in [0.2, 0.25) is 5.91 Å². The number of carboxylic acids is 2. The van der Waals surface area contributed by atoms with Crippen molar-refractivity contribution in [1.82, 2.24) is 10.2 Å². The van der Waals surface area contributed by atoms with Crippen molar-refractivity contribution in [3.8, 4) is 5.75 Å². The van der Waals surface area contributed by atoms with E-state index in [1.165, 1.54) is 29.2 Å². The minimum atomic E-state index is -1.16. The molecule has 2 aromatic carbocycles. The van der Waals surface area contributed by atoms with Crippen molar-refractivity contribution >= 4 is 29.8 Å². The summed E-state index contributed by atoms with van der Waals surface area (Å²) in [4.78, 5) is 50.4. The smallest absolute Gasteiger partial charge is 0.343 e. The number of carbonyl (C=O) groups excluding carboxylic acids is 2. The van der Waals surface area contributed by atoms with E-state index in [2.05, 4.69) is 11.9 Å². The van der Waals surface area contributed by atoms with Crippen LogP contribution in [0.15, 0.2) is 78.5 Å². The number of fused-ring (bicyclic) bond motifs is 1. The second-order valence-electron chi connectivity index (χ2n) is 10.3. The van der Waals surface area contributed by atoms with Gasteiger partial charge in [-0.2, -0.15) is 0 Å². The first-order valence-electron chi connectivity index (χ1n) is 13.8. The van der Waals surface area contributed by atoms with Gasteiger partial charge in [-0.25, -0.2) is 9.59 Å². The van der Waals surface area contributed by atoms with Crippen LogP contribution in [0.25, 0.3) is 0 Å². The third-order valence-electron chi connectivity index (χ3n) is 6.96. The van der Waals surface area contributed by atoms with E-state index in [1.54, 1.807) is 37.3 Å². The fourth-order valence-corrected chi connectivity index (χ4v) is 4.95. The third kappa shape index (κ3) is 9.70. The first-order chi connectivity index (χ1) is 20.5. The summed E-state index contributed by atoms with van der Waals surface area (Å²) in [5.41, 5.74) is 8.55. The zero-order chi connectivity index (χ0) is 31.5. The Balaban J connectivity index is 1.77. The number of aryl methyl sites for hydroxylation is 1. The molecule has 0 heterocycles. The number of carbonyl (C=O) groups is 4. The maximum atomic E-state index is 13.4. The van der Waals surface area contributed by atoms with E-state index in [0.717, 1.165) is 36.8 Å². The van der Waals surface area contributed by atoms with Gasteiger partial charge in [-0.05, 0) is 85.2 Å². The topological polar surface area (TPSA) is 183 Å². The van der Waals surface area contributed by atoms with E-state index < -0.39 is 24.5 Å². The van der Waals surface area contributed by atoms with Crippen molar-refractivity contribution in [1.29, 1.82) is 5.41 Å². The molecule has 226 valence electrons. The number of rotatable bonds is 12. The van der Waals surface area contributed by atoms with Gasteiger partial charge >= 0.3 is 17.9 Å². The summed E-state index contributed by atoms with van der Waals surface area (Å²) in [5.74, 6) is -3.28. The number of hydrogen-bond acceptors (Lipinski definition) is 6. The maximum absolute atomic E-state index is 13.4. The van der Waals surface area contributed by atoms with Crippen LogP contribution < -0.4 is 15.8 Å². The number of aromatic carboxylic acids is 1. The molecule has 43 heavy (non-hydrogen) atoms. The summed E-state index contributed by atoms with van der Waals surface area (Å²) in [6, 6.07) is 11.4. The Labute approximate surface area is 249 Å². The monoisotopic (exact) mass is 588 g/mol. The van der Waals surface area contributed by atoms with Gasteiger partial charge < -0.3 is 30.9 Å². The Morgan fingerprint density at radius 2 is 1.91 bits per heavy atom. The number of ether oxygens (including phenoxy) is 1. The summed E-state index contributed by atoms with van der Waals surface area (Å²) in [5, 5.41) is 28.6. The normalized spacial score (nSPS) is 15.0. The summed E-state index contributed by atoms with van der Waals surface area (Å²) < 4.78 is 5.60. The number of amides is 1. The van der Waals surface area contributed by atoms with Crippen molar-refractivity contribution in [2.45, 2.75) is 51.5 Å². The number of guanidine groups is 1. The third-order valence-corrected chi connectivity index (χ3v) is 6.96. The van der Waals surface area contributed by atoms with Crippen molar-refractivity contribution in [2.24, 2.45) is 5.73 Å². The summed E-state index contributed by atoms with van der Waals surface area (Å²) >= 11 is 0. The zero-order valence-electron chi connectivity index (χ0n) is 24.0. The molecule has 6 N–H and O–H groups in total. The number of nitrogens with zero attached hydrogens (tertiary/aromatic N) is 1. The van der Waals surface area contributed by atoms with Crippen LogP contribution in [0.5, 0.6) is 5.75 Å². The molecule has 0 aromatic heterocycles. The lowest BCUT2D eigenvalue weighted by Crippen LogP contribution is -2.36. The van der Waals surface area contributed by atoms with E-state index in [9.17, 15) is 29.4 Å². The van der Waals surface area contributed by atoms with Crippen LogP contribution in [0.1, 0.15) is 65.6 Å². The predicted octanol–water partition coefficient (Wildman–Crippen LogP) is 4.10. The van der Waals surface area contributed by atoms with Crippen LogP contribution in [0.2, 0.25) is 0 Å². The van der Waals surface area contributed by atoms with Gasteiger partial charge in [0.05, 0.1) is 11.1 Å². The van der Waals surface area contributed by atoms with E-state index in [-0.39, 0.29) is 41.9 Å². The van der Waals surface area contributed by atoms with Crippen molar-refractivity contribution in [3.05, 3.63) is 101 Å². The molecule has 3 rings (SSSR count). The SMILES string of the molecule is C=C/C(=C\C=C(/C)NC(=N)N)C(=O)Oc1ccc2c(c1)CCCCC2CC(=O)N(CC(=O)O)Cc1cccc(C(=O)O)c1. The molecular formula is C32H36N4O7. The lowest BCUT2D eigenvalue weighted by Gasteiger charge is -2.25. The summed E-state index contributed by atoms with van der Waals surface area (Å²) in [6.45, 7) is 4.82. The van der Waals surface area contributed by atoms with Gasteiger partial charge in [-0.1, -0.05) is 37.3 Å². The van der Waals surface area contributed by atoms with Crippen LogP contribution in [0.4, 0.5) is 0 Å². The van der Waals surface area contributed by atoms with Gasteiger partial charge in [-0.3, -0.25) is 15.0 Å². The molecule has 1 aliphatic rings. The maximum Gasteiger partial charge on any atom is 0.343 e. The molecule has 1 amide bonds. The average Bonchev–Trinajstić information content (AvgIpc) is 3.14. The molecule has 1 unspecified atom stereocenters. The standard InChI is InChI=1S/C32H36N4O7/c1-3-22(12-11-20(2)35-32(33)34)31(42)43-26-13-14-27-23(16-26)8-4-5-9-24(27)17-28(37)36(19-29(38)39)18-21-7-6-10-25(15-21)30(40)41/h3,6-7,10-16,24H,1,4-5,8-9,17-19H2,2H3,(H,38,39)(H,40,41)(H4,33,34,35)/b20-11+,22-12+. The lowest BCUT2D eigenvalue weighted by molar-refractivity contribution is -0.145. The van der Waals surface area contributed by atoms with Gasteiger partial charge in [-0.15, -0.1) is 0 Å². The second-order valence-corrected chi connectivity index (χ2v) is 10.3. The van der Waals surface area contributed by atoms with E-state index in [1.807, 2.05) is 6.07 Å². The number of hydrogen-bond donors (Lipinski definition) is 5. The first kappa shape index (κ1) is 32.3. The van der Waals surface area contributed by atoms with Gasteiger partial charge in [0, 0.05) is 18.7 Å². The summed E-state index contributed by atoms with van der Waals surface area (Å²) in [6.07, 6.45) is 7.74. The average molecular weight is 589 g/mol. The molecule has 0 bridgehead atoms. The van der Waals surface area contributed by atoms with Crippen LogP contribution in [-0.4, -0.2) is 51.4 Å². The fourth-order valence-electron chi connectivity index (χ4n) is 4.95. The highest BCUT2D eigenvalue weighted by Gasteiger charge is 2.26. The molecule has 1 aliphatic carbocycles. The molecule has 0 aliphatic heterocycles.